The molecule has 1 amide bonds. The fourth-order valence-corrected chi connectivity index (χ4v) is 3.33. The summed E-state index contributed by atoms with van der Waals surface area (Å²) in [6, 6.07) is 0.419. The number of carbonyl (C=O) groups is 1. The summed E-state index contributed by atoms with van der Waals surface area (Å²) >= 11 is 0. The Bertz CT molecular complexity index is 750. The van der Waals surface area contributed by atoms with E-state index in [-0.39, 0.29) is 11.8 Å². The largest absolute Gasteiger partial charge is 0.443 e. The van der Waals surface area contributed by atoms with Crippen LogP contribution >= 0.6 is 0 Å². The average molecular weight is 314 g/mol. The molecule has 23 heavy (non-hydrogen) atoms. The molecule has 6 nitrogen and oxygen atoms in total. The highest BCUT2D eigenvalue weighted by Gasteiger charge is 2.31. The van der Waals surface area contributed by atoms with Gasteiger partial charge >= 0.3 is 0 Å². The number of aryl methyl sites for hydroxylation is 2. The summed E-state index contributed by atoms with van der Waals surface area (Å²) in [7, 11) is 0. The molecule has 3 heterocycles. The summed E-state index contributed by atoms with van der Waals surface area (Å²) < 4.78 is 5.71. The number of rotatable bonds is 3. The van der Waals surface area contributed by atoms with Crippen LogP contribution in [-0.2, 0) is 4.79 Å². The number of amides is 1. The van der Waals surface area contributed by atoms with Crippen LogP contribution in [0, 0.1) is 19.8 Å². The standard InChI is InChI=1S/C17H22N4O2/c1-10-11(2)23-17-14(10)15(18-9-19-17)21-7-3-4-12(8-21)16(22)20-13-5-6-13/h9,12-13H,3-8H2,1-2H3,(H,20,22)/t12-/m0/s1. The fourth-order valence-electron chi connectivity index (χ4n) is 3.33. The van der Waals surface area contributed by atoms with Crippen LogP contribution < -0.4 is 10.2 Å². The van der Waals surface area contributed by atoms with E-state index in [9.17, 15) is 4.79 Å². The summed E-state index contributed by atoms with van der Waals surface area (Å²) in [4.78, 5) is 23.3. The zero-order chi connectivity index (χ0) is 16.0. The molecule has 0 unspecified atom stereocenters. The van der Waals surface area contributed by atoms with E-state index in [1.165, 1.54) is 0 Å². The van der Waals surface area contributed by atoms with E-state index in [1.54, 1.807) is 6.33 Å². The van der Waals surface area contributed by atoms with Crippen LogP contribution in [0.5, 0.6) is 0 Å². The molecule has 1 aliphatic heterocycles. The van der Waals surface area contributed by atoms with Crippen LogP contribution in [0.3, 0.4) is 0 Å². The molecule has 0 aromatic carbocycles. The zero-order valence-corrected chi connectivity index (χ0v) is 13.6. The van der Waals surface area contributed by atoms with Crippen LogP contribution in [0.1, 0.15) is 37.0 Å². The lowest BCUT2D eigenvalue weighted by Gasteiger charge is -2.33. The summed E-state index contributed by atoms with van der Waals surface area (Å²) in [6.45, 7) is 5.62. The lowest BCUT2D eigenvalue weighted by Crippen LogP contribution is -2.44. The van der Waals surface area contributed by atoms with Crippen LogP contribution in [0.25, 0.3) is 11.1 Å². The molecule has 4 rings (SSSR count). The van der Waals surface area contributed by atoms with Crippen LogP contribution in [-0.4, -0.2) is 35.0 Å². The second-order valence-electron chi connectivity index (χ2n) is 6.73. The third kappa shape index (κ3) is 2.66. The van der Waals surface area contributed by atoms with Crippen molar-refractivity contribution in [3.8, 4) is 0 Å². The highest BCUT2D eigenvalue weighted by Crippen LogP contribution is 2.32. The van der Waals surface area contributed by atoms with Gasteiger partial charge in [0.05, 0.1) is 11.3 Å². The number of fused-ring (bicyclic) bond motifs is 1. The first-order valence-corrected chi connectivity index (χ1v) is 8.39. The van der Waals surface area contributed by atoms with E-state index in [2.05, 4.69) is 20.2 Å². The first-order valence-electron chi connectivity index (χ1n) is 8.39. The maximum absolute atomic E-state index is 12.4. The van der Waals surface area contributed by atoms with Crippen molar-refractivity contribution in [2.75, 3.05) is 18.0 Å². The van der Waals surface area contributed by atoms with Gasteiger partial charge in [-0.05, 0) is 39.5 Å². The predicted octanol–water partition coefficient (Wildman–Crippen LogP) is 2.33. The highest BCUT2D eigenvalue weighted by molar-refractivity contribution is 5.90. The summed E-state index contributed by atoms with van der Waals surface area (Å²) in [5.41, 5.74) is 1.72. The molecule has 122 valence electrons. The number of furan rings is 1. The Labute approximate surface area is 135 Å². The molecule has 2 aliphatic rings. The van der Waals surface area contributed by atoms with Crippen LogP contribution in [0.15, 0.2) is 10.7 Å². The van der Waals surface area contributed by atoms with Crippen molar-refractivity contribution in [1.82, 2.24) is 15.3 Å². The molecule has 2 aromatic heterocycles. The third-order valence-corrected chi connectivity index (χ3v) is 4.96. The van der Waals surface area contributed by atoms with Crippen molar-refractivity contribution in [2.24, 2.45) is 5.92 Å². The number of anilines is 1. The normalized spacial score (nSPS) is 21.7. The maximum atomic E-state index is 12.4. The zero-order valence-electron chi connectivity index (χ0n) is 13.6. The lowest BCUT2D eigenvalue weighted by molar-refractivity contribution is -0.125. The van der Waals surface area contributed by atoms with Gasteiger partial charge in [0.25, 0.3) is 0 Å². The highest BCUT2D eigenvalue weighted by atomic mass is 16.3. The van der Waals surface area contributed by atoms with Crippen molar-refractivity contribution in [2.45, 2.75) is 45.6 Å². The minimum Gasteiger partial charge on any atom is -0.443 e. The van der Waals surface area contributed by atoms with Gasteiger partial charge < -0.3 is 14.6 Å². The fraction of sp³-hybridized carbons (Fsp3) is 0.588. The number of aromatic nitrogens is 2. The van der Waals surface area contributed by atoms with Gasteiger partial charge in [-0.25, -0.2) is 9.97 Å². The minimum absolute atomic E-state index is 0.0441. The Hall–Kier alpha value is -2.11. The van der Waals surface area contributed by atoms with Crippen molar-refractivity contribution < 1.29 is 9.21 Å². The lowest BCUT2D eigenvalue weighted by atomic mass is 9.96. The summed E-state index contributed by atoms with van der Waals surface area (Å²) in [5, 5.41) is 4.11. The van der Waals surface area contributed by atoms with E-state index in [0.29, 0.717) is 18.3 Å². The van der Waals surface area contributed by atoms with Crippen molar-refractivity contribution in [1.29, 1.82) is 0 Å². The monoisotopic (exact) mass is 314 g/mol. The Morgan fingerprint density at radius 3 is 2.91 bits per heavy atom. The number of carbonyl (C=O) groups excluding carboxylic acids is 1. The molecule has 2 aromatic rings. The Morgan fingerprint density at radius 1 is 1.30 bits per heavy atom. The predicted molar refractivity (Wildman–Crippen MR) is 87.4 cm³/mol. The van der Waals surface area contributed by atoms with E-state index in [4.69, 9.17) is 4.42 Å². The minimum atomic E-state index is 0.0441. The topological polar surface area (TPSA) is 71.3 Å². The Balaban J connectivity index is 1.61. The summed E-state index contributed by atoms with van der Waals surface area (Å²) in [6.07, 6.45) is 5.76. The van der Waals surface area contributed by atoms with Gasteiger partial charge in [-0.15, -0.1) is 0 Å². The van der Waals surface area contributed by atoms with Gasteiger partial charge in [0, 0.05) is 24.7 Å². The quantitative estimate of drug-likeness (QED) is 0.941. The molecule has 1 aliphatic carbocycles. The third-order valence-electron chi connectivity index (χ3n) is 4.96. The van der Waals surface area contributed by atoms with Gasteiger partial charge in [-0.3, -0.25) is 4.79 Å². The van der Waals surface area contributed by atoms with Crippen molar-refractivity contribution in [3.05, 3.63) is 17.7 Å². The van der Waals surface area contributed by atoms with Crippen LogP contribution in [0.4, 0.5) is 5.82 Å². The second kappa shape index (κ2) is 5.51. The molecule has 1 atom stereocenters. The van der Waals surface area contributed by atoms with E-state index in [0.717, 1.165) is 54.8 Å². The molecule has 2 fully saturated rings. The first-order chi connectivity index (χ1) is 11.1. The molecule has 0 bridgehead atoms. The molecule has 6 heteroatoms. The number of hydrogen-bond donors (Lipinski definition) is 1. The van der Waals surface area contributed by atoms with Gasteiger partial charge in [0.15, 0.2) is 0 Å². The van der Waals surface area contributed by atoms with Crippen molar-refractivity contribution in [3.63, 3.8) is 0 Å². The van der Waals surface area contributed by atoms with E-state index in [1.807, 2.05) is 13.8 Å². The Morgan fingerprint density at radius 2 is 2.13 bits per heavy atom. The molecular weight excluding hydrogens is 292 g/mol. The van der Waals surface area contributed by atoms with Gasteiger partial charge in [-0.1, -0.05) is 0 Å². The number of hydrogen-bond acceptors (Lipinski definition) is 5. The molecule has 0 radical (unpaired) electrons. The smallest absolute Gasteiger partial charge is 0.231 e. The average Bonchev–Trinajstić information content (AvgIpc) is 3.33. The number of piperidine rings is 1. The SMILES string of the molecule is Cc1oc2ncnc(N3CCC[C@H](C(=O)NC4CC4)C3)c2c1C. The maximum Gasteiger partial charge on any atom is 0.231 e. The molecule has 1 saturated heterocycles. The van der Waals surface area contributed by atoms with E-state index < -0.39 is 0 Å². The number of nitrogens with zero attached hydrogens (tertiary/aromatic N) is 3. The molecule has 0 spiro atoms. The molecule has 1 N–H and O–H groups in total. The molecule has 1 saturated carbocycles. The van der Waals surface area contributed by atoms with Gasteiger partial charge in [0.2, 0.25) is 11.6 Å². The number of nitrogens with one attached hydrogen (secondary N) is 1. The molecular formula is C17H22N4O2. The van der Waals surface area contributed by atoms with Crippen molar-refractivity contribution >= 4 is 22.8 Å². The van der Waals surface area contributed by atoms with E-state index >= 15 is 0 Å². The second-order valence-corrected chi connectivity index (χ2v) is 6.73. The van der Waals surface area contributed by atoms with Gasteiger partial charge in [-0.2, -0.15) is 0 Å². The van der Waals surface area contributed by atoms with Gasteiger partial charge in [0.1, 0.15) is 17.9 Å². The first kappa shape index (κ1) is 14.5. The van der Waals surface area contributed by atoms with Crippen LogP contribution in [0.2, 0.25) is 0 Å². The summed E-state index contributed by atoms with van der Waals surface area (Å²) in [5.74, 6) is 2.01. The Kier molecular flexibility index (Phi) is 3.47.